The molecule has 0 unspecified atom stereocenters. The molecule has 6 heteroatoms. The summed E-state index contributed by atoms with van der Waals surface area (Å²) in [6.45, 7) is 1.85. The van der Waals surface area contributed by atoms with Crippen molar-refractivity contribution in [2.24, 2.45) is 7.05 Å². The van der Waals surface area contributed by atoms with E-state index in [9.17, 15) is 10.1 Å². The highest BCUT2D eigenvalue weighted by molar-refractivity contribution is 14.1. The molecule has 0 amide bonds. The van der Waals surface area contributed by atoms with Crippen molar-refractivity contribution in [3.63, 3.8) is 0 Å². The molecule has 0 aliphatic rings. The van der Waals surface area contributed by atoms with Gasteiger partial charge in [-0.25, -0.2) is 4.57 Å². The molecule has 0 saturated carbocycles. The Kier molecular flexibility index (Phi) is 2.65. The SMILES string of the molecule is CCc1nc(I)n(C)c1[N+](=O)[O-]. The normalized spacial score (nSPS) is 10.2. The summed E-state index contributed by atoms with van der Waals surface area (Å²) in [7, 11) is 1.64. The minimum Gasteiger partial charge on any atom is -0.358 e. The Balaban J connectivity index is 3.31. The van der Waals surface area contributed by atoms with Gasteiger partial charge in [0.05, 0.1) is 7.05 Å². The third-order valence-electron chi connectivity index (χ3n) is 1.59. The minimum absolute atomic E-state index is 0.0990. The predicted octanol–water partition coefficient (Wildman–Crippen LogP) is 1.50. The van der Waals surface area contributed by atoms with Crippen LogP contribution in [0.2, 0.25) is 0 Å². The highest BCUT2D eigenvalue weighted by atomic mass is 127. The number of aryl methyl sites for hydroxylation is 1. The maximum absolute atomic E-state index is 10.6. The molecule has 0 aliphatic carbocycles. The van der Waals surface area contributed by atoms with Crippen LogP contribution in [0.5, 0.6) is 0 Å². The molecule has 0 N–H and O–H groups in total. The van der Waals surface area contributed by atoms with Gasteiger partial charge in [-0.3, -0.25) is 0 Å². The molecule has 0 aromatic carbocycles. The second kappa shape index (κ2) is 3.38. The summed E-state index contributed by atoms with van der Waals surface area (Å²) in [5, 5.41) is 10.6. The maximum Gasteiger partial charge on any atom is 0.346 e. The van der Waals surface area contributed by atoms with Gasteiger partial charge in [-0.1, -0.05) is 6.92 Å². The van der Waals surface area contributed by atoms with Crippen molar-refractivity contribution in [3.8, 4) is 0 Å². The molecule has 0 aliphatic heterocycles. The van der Waals surface area contributed by atoms with E-state index in [1.54, 1.807) is 7.05 Å². The van der Waals surface area contributed by atoms with Gasteiger partial charge in [0.1, 0.15) is 5.69 Å². The summed E-state index contributed by atoms with van der Waals surface area (Å²) in [5.74, 6) is 0.0990. The Morgan fingerprint density at radius 3 is 2.67 bits per heavy atom. The van der Waals surface area contributed by atoms with Crippen molar-refractivity contribution >= 4 is 28.4 Å². The first-order valence-corrected chi connectivity index (χ1v) is 4.51. The van der Waals surface area contributed by atoms with Crippen molar-refractivity contribution in [2.45, 2.75) is 13.3 Å². The Morgan fingerprint density at radius 1 is 1.75 bits per heavy atom. The monoisotopic (exact) mass is 281 g/mol. The predicted molar refractivity (Wildman–Crippen MR) is 52.0 cm³/mol. The van der Waals surface area contributed by atoms with Crippen LogP contribution in [0.3, 0.4) is 0 Å². The van der Waals surface area contributed by atoms with Crippen LogP contribution in [-0.2, 0) is 13.5 Å². The summed E-state index contributed by atoms with van der Waals surface area (Å²) < 4.78 is 2.13. The number of hydrogen-bond donors (Lipinski definition) is 0. The van der Waals surface area contributed by atoms with E-state index in [0.717, 1.165) is 0 Å². The second-order valence-corrected chi connectivity index (χ2v) is 3.29. The van der Waals surface area contributed by atoms with Crippen LogP contribution in [-0.4, -0.2) is 14.5 Å². The van der Waals surface area contributed by atoms with E-state index >= 15 is 0 Å². The van der Waals surface area contributed by atoms with E-state index in [1.165, 1.54) is 4.57 Å². The zero-order valence-corrected chi connectivity index (χ0v) is 8.90. The van der Waals surface area contributed by atoms with Crippen molar-refractivity contribution in [2.75, 3.05) is 0 Å². The fourth-order valence-electron chi connectivity index (χ4n) is 0.982. The molecule has 0 radical (unpaired) electrons. The molecule has 0 fully saturated rings. The molecule has 5 nitrogen and oxygen atoms in total. The van der Waals surface area contributed by atoms with Crippen molar-refractivity contribution in [1.29, 1.82) is 0 Å². The summed E-state index contributed by atoms with van der Waals surface area (Å²) in [6.07, 6.45) is 0.590. The van der Waals surface area contributed by atoms with E-state index in [2.05, 4.69) is 4.98 Å². The lowest BCUT2D eigenvalue weighted by atomic mass is 10.3. The van der Waals surface area contributed by atoms with E-state index in [4.69, 9.17) is 0 Å². The molecule has 1 rings (SSSR count). The summed E-state index contributed by atoms with van der Waals surface area (Å²) in [4.78, 5) is 14.2. The van der Waals surface area contributed by atoms with Gasteiger partial charge < -0.3 is 10.1 Å². The molecular formula is C6H8IN3O2. The van der Waals surface area contributed by atoms with Gasteiger partial charge in [-0.2, -0.15) is 4.98 Å². The highest BCUT2D eigenvalue weighted by Gasteiger charge is 2.21. The Labute approximate surface area is 83.1 Å². The zero-order chi connectivity index (χ0) is 9.30. The van der Waals surface area contributed by atoms with Gasteiger partial charge in [0.2, 0.25) is 0 Å². The van der Waals surface area contributed by atoms with Crippen LogP contribution >= 0.6 is 22.6 Å². The van der Waals surface area contributed by atoms with Crippen LogP contribution in [0.1, 0.15) is 12.6 Å². The number of aromatic nitrogens is 2. The highest BCUT2D eigenvalue weighted by Crippen LogP contribution is 2.20. The number of halogens is 1. The topological polar surface area (TPSA) is 61.0 Å². The quantitative estimate of drug-likeness (QED) is 0.469. The molecule has 12 heavy (non-hydrogen) atoms. The summed E-state index contributed by atoms with van der Waals surface area (Å²) in [5.41, 5.74) is 0.548. The van der Waals surface area contributed by atoms with Gasteiger partial charge in [0.25, 0.3) is 3.83 Å². The number of rotatable bonds is 2. The fraction of sp³-hybridized carbons (Fsp3) is 0.500. The van der Waals surface area contributed by atoms with Gasteiger partial charge in [0, 0.05) is 22.6 Å². The van der Waals surface area contributed by atoms with Crippen LogP contribution < -0.4 is 0 Å². The Hall–Kier alpha value is -0.660. The number of nitro groups is 1. The van der Waals surface area contributed by atoms with Crippen LogP contribution in [0.4, 0.5) is 5.82 Å². The van der Waals surface area contributed by atoms with E-state index < -0.39 is 4.92 Å². The minimum atomic E-state index is -0.395. The standard InChI is InChI=1S/C6H8IN3O2/c1-3-4-5(10(11)12)9(2)6(7)8-4/h3H2,1-2H3. The molecular weight excluding hydrogens is 273 g/mol. The number of nitrogens with zero attached hydrogens (tertiary/aromatic N) is 3. The smallest absolute Gasteiger partial charge is 0.346 e. The molecule has 0 bridgehead atoms. The summed E-state index contributed by atoms with van der Waals surface area (Å²) in [6, 6.07) is 0. The Morgan fingerprint density at radius 2 is 2.33 bits per heavy atom. The van der Waals surface area contributed by atoms with Crippen LogP contribution in [0.15, 0.2) is 0 Å². The number of imidazole rings is 1. The lowest BCUT2D eigenvalue weighted by Crippen LogP contribution is -2.00. The van der Waals surface area contributed by atoms with Crippen molar-refractivity contribution in [3.05, 3.63) is 19.6 Å². The van der Waals surface area contributed by atoms with Crippen molar-refractivity contribution in [1.82, 2.24) is 9.55 Å². The van der Waals surface area contributed by atoms with E-state index in [0.29, 0.717) is 15.9 Å². The molecule has 0 spiro atoms. The van der Waals surface area contributed by atoms with Gasteiger partial charge in [0.15, 0.2) is 0 Å². The molecule has 0 saturated heterocycles. The van der Waals surface area contributed by atoms with Gasteiger partial charge in [-0.05, 0) is 11.3 Å². The fourth-order valence-corrected chi connectivity index (χ4v) is 1.50. The maximum atomic E-state index is 10.6. The first-order chi connectivity index (χ1) is 5.57. The Bertz CT molecular complexity index is 321. The lowest BCUT2D eigenvalue weighted by molar-refractivity contribution is -0.392. The van der Waals surface area contributed by atoms with Gasteiger partial charge in [-0.15, -0.1) is 0 Å². The third-order valence-corrected chi connectivity index (χ3v) is 2.55. The van der Waals surface area contributed by atoms with Crippen LogP contribution in [0.25, 0.3) is 0 Å². The third kappa shape index (κ3) is 1.43. The van der Waals surface area contributed by atoms with Crippen LogP contribution in [0, 0.1) is 13.9 Å². The second-order valence-electron chi connectivity index (χ2n) is 2.32. The average Bonchev–Trinajstić information content (AvgIpc) is 2.28. The first-order valence-electron chi connectivity index (χ1n) is 3.43. The summed E-state index contributed by atoms with van der Waals surface area (Å²) >= 11 is 1.97. The number of hydrogen-bond acceptors (Lipinski definition) is 3. The molecule has 1 aromatic heterocycles. The molecule has 1 heterocycles. The molecule has 1 aromatic rings. The average molecular weight is 281 g/mol. The molecule has 66 valence electrons. The largest absolute Gasteiger partial charge is 0.358 e. The van der Waals surface area contributed by atoms with E-state index in [1.807, 2.05) is 29.5 Å². The first kappa shape index (κ1) is 9.43. The van der Waals surface area contributed by atoms with E-state index in [-0.39, 0.29) is 5.82 Å². The molecule has 0 atom stereocenters. The van der Waals surface area contributed by atoms with Gasteiger partial charge >= 0.3 is 5.82 Å². The zero-order valence-electron chi connectivity index (χ0n) is 6.74. The lowest BCUT2D eigenvalue weighted by Gasteiger charge is -1.95. The van der Waals surface area contributed by atoms with Crippen molar-refractivity contribution < 1.29 is 4.92 Å².